The van der Waals surface area contributed by atoms with Gasteiger partial charge in [-0.05, 0) is 30.3 Å². The van der Waals surface area contributed by atoms with E-state index in [1.165, 1.54) is 11.8 Å². The number of piperazine rings is 1. The minimum atomic E-state index is 0.0852. The second-order valence-corrected chi connectivity index (χ2v) is 8.12. The summed E-state index contributed by atoms with van der Waals surface area (Å²) in [6.07, 6.45) is 3.19. The summed E-state index contributed by atoms with van der Waals surface area (Å²) < 4.78 is 5.82. The summed E-state index contributed by atoms with van der Waals surface area (Å²) in [5.41, 5.74) is 1.09. The van der Waals surface area contributed by atoms with Gasteiger partial charge < -0.3 is 14.5 Å². The van der Waals surface area contributed by atoms with Crippen molar-refractivity contribution in [1.82, 2.24) is 14.9 Å². The van der Waals surface area contributed by atoms with E-state index in [1.807, 2.05) is 59.5 Å². The van der Waals surface area contributed by atoms with Crippen molar-refractivity contribution in [1.29, 1.82) is 0 Å². The number of carbonyl (C=O) groups excluding carboxylic acids is 1. The second kappa shape index (κ2) is 9.82. The number of nitrogens with zero attached hydrogens (tertiary/aromatic N) is 4. The molecule has 3 aromatic rings. The van der Waals surface area contributed by atoms with Gasteiger partial charge >= 0.3 is 0 Å². The third-order valence-corrected chi connectivity index (χ3v) is 5.91. The fourth-order valence-corrected chi connectivity index (χ4v) is 4.17. The Labute approximate surface area is 184 Å². The van der Waals surface area contributed by atoms with E-state index in [-0.39, 0.29) is 5.91 Å². The first kappa shape index (κ1) is 20.5. The Morgan fingerprint density at radius 3 is 2.53 bits per heavy atom. The standard InChI is InChI=1S/C22H21ClN4O2S/c23-17-5-4-6-18(15-17)26-11-13-27(14-12-26)20(28)16-30-22-21(24-9-10-25-22)29-19-7-2-1-3-8-19/h1-10,15H,11-14,16H2. The van der Waals surface area contributed by atoms with Crippen molar-refractivity contribution in [3.63, 3.8) is 0 Å². The Balaban J connectivity index is 1.31. The van der Waals surface area contributed by atoms with Crippen LogP contribution in [0.4, 0.5) is 5.69 Å². The molecule has 6 nitrogen and oxygen atoms in total. The van der Waals surface area contributed by atoms with Gasteiger partial charge in [0.05, 0.1) is 5.75 Å². The summed E-state index contributed by atoms with van der Waals surface area (Å²) in [7, 11) is 0. The Bertz CT molecular complexity index is 997. The molecular weight excluding hydrogens is 420 g/mol. The van der Waals surface area contributed by atoms with Gasteiger partial charge in [0.15, 0.2) is 5.03 Å². The van der Waals surface area contributed by atoms with Gasteiger partial charge in [0.2, 0.25) is 5.91 Å². The lowest BCUT2D eigenvalue weighted by molar-refractivity contribution is -0.128. The van der Waals surface area contributed by atoms with Crippen molar-refractivity contribution in [3.8, 4) is 11.6 Å². The lowest BCUT2D eigenvalue weighted by Gasteiger charge is -2.36. The van der Waals surface area contributed by atoms with Gasteiger partial charge in [0, 0.05) is 49.3 Å². The maximum Gasteiger partial charge on any atom is 0.252 e. The van der Waals surface area contributed by atoms with E-state index in [0.717, 1.165) is 23.8 Å². The van der Waals surface area contributed by atoms with Crippen molar-refractivity contribution in [2.45, 2.75) is 5.03 Å². The van der Waals surface area contributed by atoms with Crippen molar-refractivity contribution in [3.05, 3.63) is 72.0 Å². The van der Waals surface area contributed by atoms with Crippen LogP contribution in [0.5, 0.6) is 11.6 Å². The van der Waals surface area contributed by atoms with Crippen LogP contribution in [0.2, 0.25) is 5.02 Å². The molecular formula is C22H21ClN4O2S. The van der Waals surface area contributed by atoms with E-state index in [0.29, 0.717) is 35.5 Å². The van der Waals surface area contributed by atoms with Crippen LogP contribution in [0, 0.1) is 0 Å². The van der Waals surface area contributed by atoms with Crippen LogP contribution in [0.3, 0.4) is 0 Å². The number of amides is 1. The summed E-state index contributed by atoms with van der Waals surface area (Å²) in [6, 6.07) is 17.2. The molecule has 0 N–H and O–H groups in total. The van der Waals surface area contributed by atoms with E-state index in [9.17, 15) is 4.79 Å². The smallest absolute Gasteiger partial charge is 0.252 e. The Morgan fingerprint density at radius 2 is 1.77 bits per heavy atom. The minimum Gasteiger partial charge on any atom is -0.437 e. The lowest BCUT2D eigenvalue weighted by Crippen LogP contribution is -2.49. The summed E-state index contributed by atoms with van der Waals surface area (Å²) >= 11 is 7.44. The van der Waals surface area contributed by atoms with E-state index in [1.54, 1.807) is 12.4 Å². The van der Waals surface area contributed by atoms with Gasteiger partial charge in [-0.25, -0.2) is 9.97 Å². The Kier molecular flexibility index (Phi) is 6.71. The highest BCUT2D eigenvalue weighted by atomic mass is 35.5. The van der Waals surface area contributed by atoms with Crippen molar-refractivity contribution < 1.29 is 9.53 Å². The van der Waals surface area contributed by atoms with Gasteiger partial charge in [0.25, 0.3) is 5.88 Å². The number of anilines is 1. The number of thioether (sulfide) groups is 1. The molecule has 0 spiro atoms. The van der Waals surface area contributed by atoms with Gasteiger partial charge in [0.1, 0.15) is 5.75 Å². The monoisotopic (exact) mass is 440 g/mol. The fraction of sp³-hybridized carbons (Fsp3) is 0.227. The number of carbonyl (C=O) groups is 1. The van der Waals surface area contributed by atoms with Gasteiger partial charge in [-0.15, -0.1) is 0 Å². The van der Waals surface area contributed by atoms with E-state index in [4.69, 9.17) is 16.3 Å². The molecule has 30 heavy (non-hydrogen) atoms. The van der Waals surface area contributed by atoms with Gasteiger partial charge in [-0.2, -0.15) is 0 Å². The normalized spacial score (nSPS) is 13.9. The highest BCUT2D eigenvalue weighted by Gasteiger charge is 2.22. The molecule has 2 heterocycles. The van der Waals surface area contributed by atoms with Crippen molar-refractivity contribution in [2.75, 3.05) is 36.8 Å². The largest absolute Gasteiger partial charge is 0.437 e. The van der Waals surface area contributed by atoms with Gasteiger partial charge in [-0.1, -0.05) is 47.6 Å². The molecule has 1 aromatic heterocycles. The zero-order chi connectivity index (χ0) is 20.8. The van der Waals surface area contributed by atoms with Crippen LogP contribution >= 0.6 is 23.4 Å². The van der Waals surface area contributed by atoms with Crippen LogP contribution in [-0.4, -0.2) is 52.7 Å². The molecule has 0 atom stereocenters. The summed E-state index contributed by atoms with van der Waals surface area (Å²) in [5, 5.41) is 1.33. The van der Waals surface area contributed by atoms with E-state index < -0.39 is 0 Å². The van der Waals surface area contributed by atoms with Crippen molar-refractivity contribution in [2.24, 2.45) is 0 Å². The second-order valence-electron chi connectivity index (χ2n) is 6.72. The number of hydrogen-bond acceptors (Lipinski definition) is 6. The number of benzene rings is 2. The molecule has 1 aliphatic rings. The number of hydrogen-bond donors (Lipinski definition) is 0. The molecule has 1 amide bonds. The van der Waals surface area contributed by atoms with Crippen LogP contribution in [0.1, 0.15) is 0 Å². The topological polar surface area (TPSA) is 58.6 Å². The predicted octanol–water partition coefficient (Wildman–Crippen LogP) is 4.36. The van der Waals surface area contributed by atoms with Crippen molar-refractivity contribution >= 4 is 35.0 Å². The van der Waals surface area contributed by atoms with Crippen LogP contribution in [0.25, 0.3) is 0 Å². The Hall–Kier alpha value is -2.77. The quantitative estimate of drug-likeness (QED) is 0.531. The molecule has 2 aromatic carbocycles. The first-order valence-corrected chi connectivity index (χ1v) is 11.0. The highest BCUT2D eigenvalue weighted by molar-refractivity contribution is 8.00. The highest BCUT2D eigenvalue weighted by Crippen LogP contribution is 2.29. The molecule has 0 radical (unpaired) electrons. The van der Waals surface area contributed by atoms with Crippen LogP contribution in [-0.2, 0) is 4.79 Å². The van der Waals surface area contributed by atoms with Crippen LogP contribution in [0.15, 0.2) is 72.0 Å². The zero-order valence-electron chi connectivity index (χ0n) is 16.3. The average molecular weight is 441 g/mol. The fourth-order valence-electron chi connectivity index (χ4n) is 3.19. The number of halogens is 1. The first-order valence-electron chi connectivity index (χ1n) is 9.64. The number of aromatic nitrogens is 2. The molecule has 154 valence electrons. The summed E-state index contributed by atoms with van der Waals surface area (Å²) in [5.74, 6) is 1.47. The molecule has 0 saturated carbocycles. The molecule has 4 rings (SSSR count). The maximum atomic E-state index is 12.7. The molecule has 1 aliphatic heterocycles. The third-order valence-electron chi connectivity index (χ3n) is 4.73. The molecule has 8 heteroatoms. The molecule has 0 bridgehead atoms. The first-order chi connectivity index (χ1) is 14.7. The predicted molar refractivity (Wildman–Crippen MR) is 120 cm³/mol. The summed E-state index contributed by atoms with van der Waals surface area (Å²) in [4.78, 5) is 25.5. The maximum absolute atomic E-state index is 12.7. The third kappa shape index (κ3) is 5.23. The lowest BCUT2D eigenvalue weighted by atomic mass is 10.2. The van der Waals surface area contributed by atoms with Crippen LogP contribution < -0.4 is 9.64 Å². The zero-order valence-corrected chi connectivity index (χ0v) is 17.9. The number of ether oxygens (including phenoxy) is 1. The molecule has 1 saturated heterocycles. The minimum absolute atomic E-state index is 0.0852. The average Bonchev–Trinajstić information content (AvgIpc) is 2.79. The molecule has 0 aliphatic carbocycles. The number of para-hydroxylation sites is 1. The SMILES string of the molecule is O=C(CSc1nccnc1Oc1ccccc1)N1CCN(c2cccc(Cl)c2)CC1. The van der Waals surface area contributed by atoms with Gasteiger partial charge in [-0.3, -0.25) is 4.79 Å². The van der Waals surface area contributed by atoms with E-state index in [2.05, 4.69) is 14.9 Å². The molecule has 0 unspecified atom stereocenters. The summed E-state index contributed by atoms with van der Waals surface area (Å²) in [6.45, 7) is 2.92. The number of rotatable bonds is 6. The Morgan fingerprint density at radius 1 is 1.00 bits per heavy atom. The molecule has 1 fully saturated rings. The van der Waals surface area contributed by atoms with E-state index >= 15 is 0 Å².